The maximum atomic E-state index is 6.04. The molecule has 0 aliphatic heterocycles. The molecule has 2 aromatic rings. The average molecular weight is 300 g/mol. The summed E-state index contributed by atoms with van der Waals surface area (Å²) in [5.74, 6) is 1.75. The van der Waals surface area contributed by atoms with Gasteiger partial charge >= 0.3 is 0 Å². The first kappa shape index (κ1) is 10.6. The van der Waals surface area contributed by atoms with Gasteiger partial charge < -0.3 is 4.40 Å². The molecule has 0 N–H and O–H groups in total. The summed E-state index contributed by atoms with van der Waals surface area (Å²) in [7, 11) is 0. The van der Waals surface area contributed by atoms with Gasteiger partial charge in [-0.3, -0.25) is 0 Å². The van der Waals surface area contributed by atoms with Crippen LogP contribution in [-0.2, 0) is 0 Å². The normalized spacial score (nSPS) is 17.4. The van der Waals surface area contributed by atoms with Crippen LogP contribution in [-0.4, -0.2) is 9.38 Å². The Balaban J connectivity index is 2.19. The van der Waals surface area contributed by atoms with Crippen molar-refractivity contribution < 1.29 is 0 Å². The molecule has 0 unspecified atom stereocenters. The van der Waals surface area contributed by atoms with Crippen molar-refractivity contribution in [3.05, 3.63) is 33.8 Å². The number of imidazole rings is 1. The lowest BCUT2D eigenvalue weighted by Crippen LogP contribution is -1.99. The topological polar surface area (TPSA) is 17.3 Å². The van der Waals surface area contributed by atoms with E-state index in [1.54, 1.807) is 0 Å². The lowest BCUT2D eigenvalue weighted by atomic mass is 10.1. The number of rotatable bonds is 1. The SMILES string of the molecule is Clc1ccc2c(Br)nc(C3CCCC3)n2c1. The molecule has 0 spiro atoms. The number of nitrogens with zero attached hydrogens (tertiary/aromatic N) is 2. The van der Waals surface area contributed by atoms with Crippen LogP contribution in [0.15, 0.2) is 22.9 Å². The van der Waals surface area contributed by atoms with Crippen LogP contribution in [0, 0.1) is 0 Å². The zero-order chi connectivity index (χ0) is 11.1. The van der Waals surface area contributed by atoms with Gasteiger partial charge in [0.25, 0.3) is 0 Å². The highest BCUT2D eigenvalue weighted by Gasteiger charge is 2.22. The van der Waals surface area contributed by atoms with Gasteiger partial charge in [0, 0.05) is 12.1 Å². The second-order valence-electron chi connectivity index (χ2n) is 4.34. The highest BCUT2D eigenvalue weighted by atomic mass is 79.9. The molecule has 0 amide bonds. The molecule has 2 nitrogen and oxygen atoms in total. The predicted molar refractivity (Wildman–Crippen MR) is 69.1 cm³/mol. The minimum Gasteiger partial charge on any atom is -0.301 e. The summed E-state index contributed by atoms with van der Waals surface area (Å²) in [5.41, 5.74) is 1.10. The summed E-state index contributed by atoms with van der Waals surface area (Å²) >= 11 is 9.56. The van der Waals surface area contributed by atoms with Crippen molar-refractivity contribution in [3.63, 3.8) is 0 Å². The van der Waals surface area contributed by atoms with Crippen molar-refractivity contribution in [2.45, 2.75) is 31.6 Å². The highest BCUT2D eigenvalue weighted by Crippen LogP contribution is 2.35. The molecule has 1 fully saturated rings. The molecule has 3 rings (SSSR count). The third-order valence-electron chi connectivity index (χ3n) is 3.30. The molecule has 0 saturated heterocycles. The summed E-state index contributed by atoms with van der Waals surface area (Å²) in [6.45, 7) is 0. The van der Waals surface area contributed by atoms with Crippen LogP contribution in [0.5, 0.6) is 0 Å². The zero-order valence-electron chi connectivity index (χ0n) is 8.79. The van der Waals surface area contributed by atoms with Crippen LogP contribution in [0.25, 0.3) is 5.52 Å². The maximum Gasteiger partial charge on any atom is 0.132 e. The Morgan fingerprint density at radius 3 is 2.81 bits per heavy atom. The van der Waals surface area contributed by atoms with Crippen LogP contribution < -0.4 is 0 Å². The van der Waals surface area contributed by atoms with Gasteiger partial charge in [-0.2, -0.15) is 0 Å². The molecule has 16 heavy (non-hydrogen) atoms. The first-order valence-electron chi connectivity index (χ1n) is 5.59. The fraction of sp³-hybridized carbons (Fsp3) is 0.417. The zero-order valence-corrected chi connectivity index (χ0v) is 11.1. The van der Waals surface area contributed by atoms with E-state index in [2.05, 4.69) is 25.3 Å². The van der Waals surface area contributed by atoms with Crippen LogP contribution in [0.3, 0.4) is 0 Å². The maximum absolute atomic E-state index is 6.04. The molecule has 84 valence electrons. The van der Waals surface area contributed by atoms with E-state index in [-0.39, 0.29) is 0 Å². The van der Waals surface area contributed by atoms with Crippen molar-refractivity contribution in [2.75, 3.05) is 0 Å². The molecular formula is C12H12BrClN2. The third kappa shape index (κ3) is 1.66. The first-order valence-corrected chi connectivity index (χ1v) is 6.76. The summed E-state index contributed by atoms with van der Waals surface area (Å²) in [5, 5.41) is 0.761. The summed E-state index contributed by atoms with van der Waals surface area (Å²) < 4.78 is 3.05. The second-order valence-corrected chi connectivity index (χ2v) is 5.53. The molecule has 0 bridgehead atoms. The molecule has 1 aliphatic rings. The van der Waals surface area contributed by atoms with Crippen LogP contribution >= 0.6 is 27.5 Å². The Morgan fingerprint density at radius 1 is 1.31 bits per heavy atom. The molecule has 4 heteroatoms. The quantitative estimate of drug-likeness (QED) is 0.762. The highest BCUT2D eigenvalue weighted by molar-refractivity contribution is 9.10. The molecular weight excluding hydrogens is 288 g/mol. The second kappa shape index (κ2) is 4.04. The van der Waals surface area contributed by atoms with Gasteiger partial charge in [-0.1, -0.05) is 24.4 Å². The van der Waals surface area contributed by atoms with E-state index in [1.165, 1.54) is 25.7 Å². The van der Waals surface area contributed by atoms with Crippen molar-refractivity contribution in [3.8, 4) is 0 Å². The van der Waals surface area contributed by atoms with Crippen molar-refractivity contribution in [2.24, 2.45) is 0 Å². The fourth-order valence-electron chi connectivity index (χ4n) is 2.52. The molecule has 0 atom stereocenters. The van der Waals surface area contributed by atoms with E-state index in [0.29, 0.717) is 5.92 Å². The number of aromatic nitrogens is 2. The van der Waals surface area contributed by atoms with E-state index in [0.717, 1.165) is 21.0 Å². The monoisotopic (exact) mass is 298 g/mol. The molecule has 0 radical (unpaired) electrons. The van der Waals surface area contributed by atoms with E-state index in [4.69, 9.17) is 11.6 Å². The Hall–Kier alpha value is -0.540. The third-order valence-corrected chi connectivity index (χ3v) is 4.11. The molecule has 1 saturated carbocycles. The van der Waals surface area contributed by atoms with Crippen molar-refractivity contribution >= 4 is 33.0 Å². The lowest BCUT2D eigenvalue weighted by molar-refractivity contribution is 0.664. The van der Waals surface area contributed by atoms with Crippen molar-refractivity contribution in [1.29, 1.82) is 0 Å². The Kier molecular flexibility index (Phi) is 2.68. The van der Waals surface area contributed by atoms with E-state index >= 15 is 0 Å². The van der Waals surface area contributed by atoms with Gasteiger partial charge in [0.2, 0.25) is 0 Å². The number of hydrogen-bond donors (Lipinski definition) is 0. The van der Waals surface area contributed by atoms with Gasteiger partial charge in [0.05, 0.1) is 10.5 Å². The Bertz CT molecular complexity index is 529. The number of halogens is 2. The summed E-state index contributed by atoms with van der Waals surface area (Å²) in [6.07, 6.45) is 7.09. The minimum absolute atomic E-state index is 0.595. The minimum atomic E-state index is 0.595. The standard InChI is InChI=1S/C12H12BrClN2/c13-11-10-6-5-9(14)7-16(10)12(15-11)8-3-1-2-4-8/h5-8H,1-4H2. The number of pyridine rings is 1. The van der Waals surface area contributed by atoms with Gasteiger partial charge in [-0.05, 0) is 40.9 Å². The average Bonchev–Trinajstić information content (AvgIpc) is 2.86. The molecule has 0 aromatic carbocycles. The number of fused-ring (bicyclic) bond motifs is 1. The van der Waals surface area contributed by atoms with Crippen LogP contribution in [0.1, 0.15) is 37.4 Å². The van der Waals surface area contributed by atoms with Crippen molar-refractivity contribution in [1.82, 2.24) is 9.38 Å². The molecule has 1 aliphatic carbocycles. The summed E-state index contributed by atoms with van der Waals surface area (Å²) in [4.78, 5) is 4.63. The van der Waals surface area contributed by atoms with Crippen LogP contribution in [0.4, 0.5) is 0 Å². The first-order chi connectivity index (χ1) is 7.75. The number of hydrogen-bond acceptors (Lipinski definition) is 1. The largest absolute Gasteiger partial charge is 0.301 e. The van der Waals surface area contributed by atoms with Gasteiger partial charge in [-0.25, -0.2) is 4.98 Å². The van der Waals surface area contributed by atoms with Gasteiger partial charge in [0.15, 0.2) is 0 Å². The predicted octanol–water partition coefficient (Wildman–Crippen LogP) is 4.41. The fourth-order valence-corrected chi connectivity index (χ4v) is 3.18. The smallest absolute Gasteiger partial charge is 0.132 e. The Labute approximate surface area is 108 Å². The van der Waals surface area contributed by atoms with E-state index in [1.807, 2.05) is 18.3 Å². The van der Waals surface area contributed by atoms with E-state index in [9.17, 15) is 0 Å². The lowest BCUT2D eigenvalue weighted by Gasteiger charge is -2.07. The summed E-state index contributed by atoms with van der Waals surface area (Å²) in [6, 6.07) is 3.92. The molecule has 2 heterocycles. The Morgan fingerprint density at radius 2 is 2.06 bits per heavy atom. The van der Waals surface area contributed by atoms with Crippen LogP contribution in [0.2, 0.25) is 5.02 Å². The van der Waals surface area contributed by atoms with Gasteiger partial charge in [-0.15, -0.1) is 0 Å². The van der Waals surface area contributed by atoms with E-state index < -0.39 is 0 Å². The van der Waals surface area contributed by atoms with Gasteiger partial charge in [0.1, 0.15) is 10.4 Å². The molecule has 2 aromatic heterocycles.